The first-order chi connectivity index (χ1) is 8.45. The number of nitrogens with zero attached hydrogens (tertiary/aromatic N) is 3. The van der Waals surface area contributed by atoms with Crippen LogP contribution in [0, 0.1) is 6.92 Å². The molecule has 0 spiro atoms. The van der Waals surface area contributed by atoms with Gasteiger partial charge in [-0.2, -0.15) is 14.8 Å². The molecule has 108 valence electrons. The number of aliphatic hydroxyl groups is 2. The second kappa shape index (κ2) is 6.14. The fourth-order valence-corrected chi connectivity index (χ4v) is 2.40. The Morgan fingerprint density at radius 3 is 2.74 bits per heavy atom. The van der Waals surface area contributed by atoms with Gasteiger partial charge in [-0.1, -0.05) is 15.9 Å². The molecule has 2 heterocycles. The largest absolute Gasteiger partial charge is 0.394 e. The van der Waals surface area contributed by atoms with Crippen molar-refractivity contribution in [1.29, 1.82) is 0 Å². The summed E-state index contributed by atoms with van der Waals surface area (Å²) in [5, 5.41) is 22.8. The van der Waals surface area contributed by atoms with Crippen LogP contribution in [-0.2, 0) is 4.74 Å². The number of alkyl halides is 1. The van der Waals surface area contributed by atoms with Crippen LogP contribution in [0.15, 0.2) is 4.79 Å². The van der Waals surface area contributed by atoms with Gasteiger partial charge in [-0.15, -0.1) is 12.4 Å². The first-order valence-electron chi connectivity index (χ1n) is 5.27. The van der Waals surface area contributed by atoms with Crippen molar-refractivity contribution in [3.63, 3.8) is 0 Å². The number of halogens is 2. The molecule has 2 rings (SSSR count). The van der Waals surface area contributed by atoms with Crippen LogP contribution in [0.3, 0.4) is 0 Å². The Kier molecular flexibility index (Phi) is 5.27. The molecule has 1 aromatic heterocycles. The molecule has 19 heavy (non-hydrogen) atoms. The first kappa shape index (κ1) is 16.3. The predicted octanol–water partition coefficient (Wildman–Crippen LogP) is -1.04. The molecular weight excluding hydrogens is 343 g/mol. The van der Waals surface area contributed by atoms with Crippen molar-refractivity contribution in [3.05, 3.63) is 16.2 Å². The predicted molar refractivity (Wildman–Crippen MR) is 72.4 cm³/mol. The number of hydrogen-bond acceptors (Lipinski definition) is 7. The molecule has 1 aromatic rings. The zero-order valence-electron chi connectivity index (χ0n) is 9.93. The molecule has 1 aliphatic rings. The summed E-state index contributed by atoms with van der Waals surface area (Å²) in [5.74, 6) is 0.0552. The van der Waals surface area contributed by atoms with E-state index in [0.29, 0.717) is 5.69 Å². The van der Waals surface area contributed by atoms with Gasteiger partial charge in [0.2, 0.25) is 0 Å². The zero-order chi connectivity index (χ0) is 13.4. The van der Waals surface area contributed by atoms with Crippen molar-refractivity contribution in [2.75, 3.05) is 12.3 Å². The molecule has 0 aromatic carbocycles. The van der Waals surface area contributed by atoms with Crippen LogP contribution in [0.2, 0.25) is 0 Å². The third kappa shape index (κ3) is 2.90. The summed E-state index contributed by atoms with van der Waals surface area (Å²) in [5.41, 5.74) is 5.20. The van der Waals surface area contributed by atoms with E-state index < -0.39 is 29.0 Å². The topological polar surface area (TPSA) is 123 Å². The van der Waals surface area contributed by atoms with E-state index >= 15 is 0 Å². The average Bonchev–Trinajstić information content (AvgIpc) is 2.61. The van der Waals surface area contributed by atoms with E-state index in [2.05, 4.69) is 26.0 Å². The minimum atomic E-state index is -0.938. The Hall–Kier alpha value is -0.740. The highest BCUT2D eigenvalue weighted by molar-refractivity contribution is 9.09. The molecule has 8 nitrogen and oxygen atoms in total. The first-order valence-corrected chi connectivity index (χ1v) is 6.18. The Morgan fingerprint density at radius 2 is 2.21 bits per heavy atom. The number of nitrogens with two attached hydrogens (primary N) is 1. The SMILES string of the molecule is Cc1nn([C@@H]2O[C@H](CO)[C@@H](O)[C@H]2Br)c(=O)nc1N.Cl. The maximum atomic E-state index is 11.7. The number of hydrogen-bond donors (Lipinski definition) is 3. The van der Waals surface area contributed by atoms with E-state index in [4.69, 9.17) is 15.6 Å². The van der Waals surface area contributed by atoms with Crippen molar-refractivity contribution in [2.24, 2.45) is 0 Å². The van der Waals surface area contributed by atoms with E-state index in [-0.39, 0.29) is 24.8 Å². The summed E-state index contributed by atoms with van der Waals surface area (Å²) >= 11 is 3.22. The lowest BCUT2D eigenvalue weighted by atomic mass is 10.2. The number of aryl methyl sites for hydroxylation is 1. The van der Waals surface area contributed by atoms with Gasteiger partial charge in [-0.25, -0.2) is 4.79 Å². The molecule has 1 aliphatic heterocycles. The van der Waals surface area contributed by atoms with E-state index in [0.717, 1.165) is 4.68 Å². The lowest BCUT2D eigenvalue weighted by molar-refractivity contribution is -0.0503. The fraction of sp³-hybridized carbons (Fsp3) is 0.667. The van der Waals surface area contributed by atoms with Gasteiger partial charge >= 0.3 is 5.69 Å². The lowest BCUT2D eigenvalue weighted by Gasteiger charge is -2.16. The van der Waals surface area contributed by atoms with Gasteiger partial charge in [0.05, 0.1) is 17.5 Å². The molecule has 0 aliphatic carbocycles. The summed E-state index contributed by atoms with van der Waals surface area (Å²) in [6, 6.07) is 0. The smallest absolute Gasteiger partial charge is 0.368 e. The van der Waals surface area contributed by atoms with E-state index in [1.165, 1.54) is 0 Å². The zero-order valence-corrected chi connectivity index (χ0v) is 12.3. The monoisotopic (exact) mass is 356 g/mol. The fourth-order valence-electron chi connectivity index (χ4n) is 1.71. The van der Waals surface area contributed by atoms with E-state index in [9.17, 15) is 9.90 Å². The molecule has 10 heteroatoms. The average molecular weight is 358 g/mol. The molecule has 0 bridgehead atoms. The summed E-state index contributed by atoms with van der Waals surface area (Å²) in [4.78, 5) is 14.7. The Bertz CT molecular complexity index is 513. The number of ether oxygens (including phenoxy) is 1. The molecule has 0 saturated carbocycles. The van der Waals surface area contributed by atoms with Gasteiger partial charge in [-0.3, -0.25) is 0 Å². The van der Waals surface area contributed by atoms with Crippen LogP contribution in [0.1, 0.15) is 11.9 Å². The Labute approximate surface area is 123 Å². The third-order valence-corrected chi connectivity index (χ3v) is 3.75. The van der Waals surface area contributed by atoms with Crippen molar-refractivity contribution >= 4 is 34.2 Å². The number of rotatable bonds is 2. The molecule has 0 amide bonds. The summed E-state index contributed by atoms with van der Waals surface area (Å²) < 4.78 is 6.37. The summed E-state index contributed by atoms with van der Waals surface area (Å²) in [6.07, 6.45) is -2.55. The standard InChI is InChI=1S/C9H13BrN4O4.ClH/c1-3-7(11)12-9(17)14(13-3)8-5(10)6(16)4(2-15)18-8;/h4-6,8,15-16H,2H2,1H3,(H2,11,12,17);1H/t4-,5-,6-,8-;/m1./s1. The molecule has 1 saturated heterocycles. The maximum Gasteiger partial charge on any atom is 0.368 e. The summed E-state index contributed by atoms with van der Waals surface area (Å²) in [7, 11) is 0. The Morgan fingerprint density at radius 1 is 1.58 bits per heavy atom. The van der Waals surface area contributed by atoms with Crippen molar-refractivity contribution in [1.82, 2.24) is 14.8 Å². The molecule has 0 unspecified atom stereocenters. The molecular formula is C9H14BrClN4O4. The van der Waals surface area contributed by atoms with Crippen LogP contribution >= 0.6 is 28.3 Å². The molecule has 4 atom stereocenters. The minimum absolute atomic E-state index is 0. The van der Waals surface area contributed by atoms with Gasteiger partial charge < -0.3 is 20.7 Å². The second-order valence-corrected chi connectivity index (χ2v) is 5.05. The Balaban J connectivity index is 0.00000180. The third-order valence-electron chi connectivity index (χ3n) is 2.76. The van der Waals surface area contributed by atoms with Crippen LogP contribution in [0.4, 0.5) is 5.82 Å². The van der Waals surface area contributed by atoms with Crippen LogP contribution in [0.25, 0.3) is 0 Å². The van der Waals surface area contributed by atoms with Crippen molar-refractivity contribution in [2.45, 2.75) is 30.2 Å². The maximum absolute atomic E-state index is 11.7. The van der Waals surface area contributed by atoms with Gasteiger partial charge in [0, 0.05) is 0 Å². The van der Waals surface area contributed by atoms with Gasteiger partial charge in [0.25, 0.3) is 0 Å². The van der Waals surface area contributed by atoms with Crippen LogP contribution in [0.5, 0.6) is 0 Å². The highest BCUT2D eigenvalue weighted by Gasteiger charge is 2.44. The van der Waals surface area contributed by atoms with Crippen LogP contribution in [-0.4, -0.2) is 48.6 Å². The van der Waals surface area contributed by atoms with Crippen molar-refractivity contribution < 1.29 is 14.9 Å². The minimum Gasteiger partial charge on any atom is -0.394 e. The van der Waals surface area contributed by atoms with Crippen LogP contribution < -0.4 is 11.4 Å². The highest BCUT2D eigenvalue weighted by Crippen LogP contribution is 2.33. The molecule has 4 N–H and O–H groups in total. The summed E-state index contributed by atoms with van der Waals surface area (Å²) in [6.45, 7) is 1.26. The van der Waals surface area contributed by atoms with E-state index in [1.807, 2.05) is 0 Å². The number of nitrogen functional groups attached to an aromatic ring is 1. The van der Waals surface area contributed by atoms with Gasteiger partial charge in [0.15, 0.2) is 12.0 Å². The second-order valence-electron chi connectivity index (χ2n) is 3.99. The van der Waals surface area contributed by atoms with Gasteiger partial charge in [-0.05, 0) is 6.92 Å². The van der Waals surface area contributed by atoms with Crippen molar-refractivity contribution in [3.8, 4) is 0 Å². The number of aliphatic hydroxyl groups excluding tert-OH is 2. The normalized spacial score (nSPS) is 30.1. The molecule has 0 radical (unpaired) electrons. The van der Waals surface area contributed by atoms with E-state index in [1.54, 1.807) is 6.92 Å². The number of anilines is 1. The quantitative estimate of drug-likeness (QED) is 0.578. The lowest BCUT2D eigenvalue weighted by Crippen LogP contribution is -2.35. The van der Waals surface area contributed by atoms with Gasteiger partial charge in [0.1, 0.15) is 11.8 Å². The number of aromatic nitrogens is 3. The molecule has 1 fully saturated rings. The highest BCUT2D eigenvalue weighted by atomic mass is 79.9.